The molecule has 0 radical (unpaired) electrons. The van der Waals surface area contributed by atoms with Crippen LogP contribution in [0.4, 0.5) is 0 Å². The lowest BCUT2D eigenvalue weighted by Gasteiger charge is -2.11. The van der Waals surface area contributed by atoms with Crippen molar-refractivity contribution in [2.75, 3.05) is 40.2 Å². The van der Waals surface area contributed by atoms with Gasteiger partial charge in [0.25, 0.3) is 0 Å². The Bertz CT molecular complexity index is 485. The molecule has 0 aromatic heterocycles. The molecule has 1 amide bonds. The molecule has 0 spiro atoms. The van der Waals surface area contributed by atoms with E-state index in [4.69, 9.17) is 14.2 Å². The Hall–Kier alpha value is -0.920. The summed E-state index contributed by atoms with van der Waals surface area (Å²) in [5, 5.41) is 2.86. The maximum atomic E-state index is 11.7. The molecule has 1 N–H and O–H groups in total. The minimum absolute atomic E-state index is 0.0395. The fraction of sp³-hybridized carbons (Fsp3) is 0.533. The summed E-state index contributed by atoms with van der Waals surface area (Å²) in [4.78, 5) is 11.7. The van der Waals surface area contributed by atoms with E-state index in [2.05, 4.69) is 21.2 Å². The van der Waals surface area contributed by atoms with Gasteiger partial charge in [0.05, 0.1) is 20.0 Å². The van der Waals surface area contributed by atoms with E-state index >= 15 is 0 Å². The molecular weight excluding hydrogens is 370 g/mol. The van der Waals surface area contributed by atoms with Crippen molar-refractivity contribution in [3.8, 4) is 11.5 Å². The van der Waals surface area contributed by atoms with E-state index in [9.17, 15) is 4.79 Å². The first kappa shape index (κ1) is 19.1. The molecule has 0 fully saturated rings. The summed E-state index contributed by atoms with van der Waals surface area (Å²) in [6.45, 7) is 1.30. The second-order valence-corrected chi connectivity index (χ2v) is 6.33. The fourth-order valence-corrected chi connectivity index (χ4v) is 3.25. The summed E-state index contributed by atoms with van der Waals surface area (Å²) >= 11 is 5.07. The molecule has 5 nitrogen and oxygen atoms in total. The zero-order valence-corrected chi connectivity index (χ0v) is 15.5. The predicted molar refractivity (Wildman–Crippen MR) is 92.9 cm³/mol. The maximum absolute atomic E-state index is 11.7. The van der Waals surface area contributed by atoms with Gasteiger partial charge in [0, 0.05) is 30.5 Å². The molecule has 0 bridgehead atoms. The number of benzene rings is 1. The third-order valence-corrected chi connectivity index (χ3v) is 4.61. The highest BCUT2D eigenvalue weighted by atomic mass is 79.9. The number of carbonyl (C=O) groups excluding carboxylic acids is 1. The minimum Gasteiger partial charge on any atom is -0.493 e. The largest absolute Gasteiger partial charge is 0.493 e. The highest BCUT2D eigenvalue weighted by Gasteiger charge is 2.10. The molecule has 0 atom stereocenters. The van der Waals surface area contributed by atoms with Gasteiger partial charge in [0.15, 0.2) is 11.5 Å². The highest BCUT2D eigenvalue weighted by molar-refractivity contribution is 9.10. The number of halogens is 1. The molecule has 0 saturated carbocycles. The summed E-state index contributed by atoms with van der Waals surface area (Å²) in [6, 6.07) is 3.80. The van der Waals surface area contributed by atoms with E-state index in [1.807, 2.05) is 12.1 Å². The van der Waals surface area contributed by atoms with E-state index in [1.54, 1.807) is 33.1 Å². The second kappa shape index (κ2) is 10.7. The summed E-state index contributed by atoms with van der Waals surface area (Å²) in [6.07, 6.45) is 0.828. The Labute approximate surface area is 144 Å². The number of methoxy groups -OCH3 is 3. The van der Waals surface area contributed by atoms with Crippen LogP contribution < -0.4 is 14.8 Å². The van der Waals surface area contributed by atoms with Crippen LogP contribution in [0.3, 0.4) is 0 Å². The van der Waals surface area contributed by atoms with E-state index in [1.165, 1.54) is 0 Å². The van der Waals surface area contributed by atoms with Gasteiger partial charge in [-0.25, -0.2) is 0 Å². The molecule has 7 heteroatoms. The lowest BCUT2D eigenvalue weighted by atomic mass is 10.2. The van der Waals surface area contributed by atoms with Crippen LogP contribution in [-0.2, 0) is 15.3 Å². The molecule has 0 heterocycles. The fourth-order valence-electron chi connectivity index (χ4n) is 1.76. The summed E-state index contributed by atoms with van der Waals surface area (Å²) in [5.74, 6) is 2.54. The molecule has 22 heavy (non-hydrogen) atoms. The van der Waals surface area contributed by atoms with E-state index < -0.39 is 0 Å². The Balaban J connectivity index is 2.43. The van der Waals surface area contributed by atoms with Gasteiger partial charge in [-0.05, 0) is 24.1 Å². The molecule has 0 saturated heterocycles. The topological polar surface area (TPSA) is 56.8 Å². The molecular formula is C15H22BrNO4S. The van der Waals surface area contributed by atoms with Crippen LogP contribution in [-0.4, -0.2) is 46.1 Å². The summed E-state index contributed by atoms with van der Waals surface area (Å²) in [7, 11) is 4.86. The Morgan fingerprint density at radius 2 is 1.91 bits per heavy atom. The number of ether oxygens (including phenoxy) is 3. The van der Waals surface area contributed by atoms with Crippen molar-refractivity contribution in [2.24, 2.45) is 0 Å². The van der Waals surface area contributed by atoms with Crippen LogP contribution in [0.5, 0.6) is 11.5 Å². The molecule has 0 aliphatic heterocycles. The quantitative estimate of drug-likeness (QED) is 0.621. The van der Waals surface area contributed by atoms with Crippen LogP contribution >= 0.6 is 27.7 Å². The van der Waals surface area contributed by atoms with Crippen molar-refractivity contribution in [1.29, 1.82) is 0 Å². The number of thioether (sulfide) groups is 1. The van der Waals surface area contributed by atoms with Gasteiger partial charge in [-0.15, -0.1) is 11.8 Å². The van der Waals surface area contributed by atoms with Crippen LogP contribution in [0.25, 0.3) is 0 Å². The Morgan fingerprint density at radius 1 is 1.23 bits per heavy atom. The molecule has 0 aliphatic rings. The molecule has 1 rings (SSSR count). The van der Waals surface area contributed by atoms with Gasteiger partial charge in [-0.2, -0.15) is 0 Å². The lowest BCUT2D eigenvalue weighted by molar-refractivity contribution is -0.118. The van der Waals surface area contributed by atoms with Crippen molar-refractivity contribution in [3.05, 3.63) is 22.2 Å². The van der Waals surface area contributed by atoms with Gasteiger partial charge < -0.3 is 19.5 Å². The van der Waals surface area contributed by atoms with E-state index in [-0.39, 0.29) is 5.91 Å². The van der Waals surface area contributed by atoms with Crippen LogP contribution in [0.2, 0.25) is 0 Å². The molecule has 1 aromatic rings. The standard InChI is InChI=1S/C15H22BrNO4S/c1-19-6-4-5-17-15(18)10-22-9-11-7-13(20-2)14(21-3)8-12(11)16/h7-8H,4-6,9-10H2,1-3H3,(H,17,18). The van der Waals surface area contributed by atoms with Crippen LogP contribution in [0.1, 0.15) is 12.0 Å². The SMILES string of the molecule is COCCCNC(=O)CSCc1cc(OC)c(OC)cc1Br. The summed E-state index contributed by atoms with van der Waals surface area (Å²) < 4.78 is 16.4. The Morgan fingerprint density at radius 3 is 2.55 bits per heavy atom. The molecule has 0 aliphatic carbocycles. The second-order valence-electron chi connectivity index (χ2n) is 4.49. The zero-order chi connectivity index (χ0) is 16.4. The van der Waals surface area contributed by atoms with Gasteiger partial charge in [-0.1, -0.05) is 15.9 Å². The van der Waals surface area contributed by atoms with E-state index in [0.29, 0.717) is 36.2 Å². The number of carbonyl (C=O) groups is 1. The average molecular weight is 392 g/mol. The normalized spacial score (nSPS) is 10.4. The van der Waals surface area contributed by atoms with Crippen molar-refractivity contribution >= 4 is 33.6 Å². The number of hydrogen-bond acceptors (Lipinski definition) is 5. The van der Waals surface area contributed by atoms with Gasteiger partial charge >= 0.3 is 0 Å². The minimum atomic E-state index is 0.0395. The first-order valence-corrected chi connectivity index (χ1v) is 8.81. The van der Waals surface area contributed by atoms with Crippen molar-refractivity contribution in [3.63, 3.8) is 0 Å². The highest BCUT2D eigenvalue weighted by Crippen LogP contribution is 2.34. The monoisotopic (exact) mass is 391 g/mol. The third-order valence-electron chi connectivity index (χ3n) is 2.89. The first-order valence-electron chi connectivity index (χ1n) is 6.86. The van der Waals surface area contributed by atoms with Crippen molar-refractivity contribution in [2.45, 2.75) is 12.2 Å². The number of amides is 1. The zero-order valence-electron chi connectivity index (χ0n) is 13.1. The molecule has 0 unspecified atom stereocenters. The average Bonchev–Trinajstić information content (AvgIpc) is 2.52. The van der Waals surface area contributed by atoms with Crippen LogP contribution in [0.15, 0.2) is 16.6 Å². The number of hydrogen-bond donors (Lipinski definition) is 1. The van der Waals surface area contributed by atoms with Gasteiger partial charge in [0.2, 0.25) is 5.91 Å². The molecule has 124 valence electrons. The maximum Gasteiger partial charge on any atom is 0.230 e. The molecule has 1 aromatic carbocycles. The van der Waals surface area contributed by atoms with E-state index in [0.717, 1.165) is 16.5 Å². The number of rotatable bonds is 10. The Kier molecular flexibility index (Phi) is 9.34. The summed E-state index contributed by atoms with van der Waals surface area (Å²) in [5.41, 5.74) is 1.06. The van der Waals surface area contributed by atoms with Gasteiger partial charge in [-0.3, -0.25) is 4.79 Å². The van der Waals surface area contributed by atoms with Crippen molar-refractivity contribution in [1.82, 2.24) is 5.32 Å². The lowest BCUT2D eigenvalue weighted by Crippen LogP contribution is -2.26. The van der Waals surface area contributed by atoms with Crippen LogP contribution in [0, 0.1) is 0 Å². The third kappa shape index (κ3) is 6.46. The van der Waals surface area contributed by atoms with Gasteiger partial charge in [0.1, 0.15) is 0 Å². The first-order chi connectivity index (χ1) is 10.6. The number of nitrogens with one attached hydrogen (secondary N) is 1. The smallest absolute Gasteiger partial charge is 0.230 e. The van der Waals surface area contributed by atoms with Crippen molar-refractivity contribution < 1.29 is 19.0 Å². The predicted octanol–water partition coefficient (Wildman–Crippen LogP) is 2.85.